The Morgan fingerprint density at radius 1 is 1.26 bits per heavy atom. The first-order valence-corrected chi connectivity index (χ1v) is 8.58. The summed E-state index contributed by atoms with van der Waals surface area (Å²) >= 11 is 0. The lowest BCUT2D eigenvalue weighted by atomic mass is 9.76. The zero-order valence-electron chi connectivity index (χ0n) is 15.0. The number of ether oxygens (including phenoxy) is 1. The van der Waals surface area contributed by atoms with Crippen LogP contribution in [0.25, 0.3) is 6.08 Å². The van der Waals surface area contributed by atoms with E-state index in [1.165, 1.54) is 12.1 Å². The van der Waals surface area contributed by atoms with Gasteiger partial charge in [-0.3, -0.25) is 14.9 Å². The molecule has 2 heterocycles. The van der Waals surface area contributed by atoms with Gasteiger partial charge in [0.05, 0.1) is 10.3 Å². The summed E-state index contributed by atoms with van der Waals surface area (Å²) in [6, 6.07) is 12.3. The van der Waals surface area contributed by atoms with Crippen LogP contribution in [0.2, 0.25) is 0 Å². The molecule has 1 amide bonds. The van der Waals surface area contributed by atoms with Gasteiger partial charge in [0.25, 0.3) is 5.69 Å². The van der Waals surface area contributed by atoms with Gasteiger partial charge in [-0.25, -0.2) is 0 Å². The molecule has 0 saturated carbocycles. The molecule has 1 spiro atoms. The summed E-state index contributed by atoms with van der Waals surface area (Å²) in [4.78, 5) is 24.3. The van der Waals surface area contributed by atoms with E-state index in [9.17, 15) is 14.9 Å². The number of rotatable bonds is 3. The molecule has 138 valence electrons. The third-order valence-corrected chi connectivity index (χ3v) is 5.44. The summed E-state index contributed by atoms with van der Waals surface area (Å²) in [6.07, 6.45) is 3.68. The summed E-state index contributed by atoms with van der Waals surface area (Å²) in [5.41, 5.74) is 6.62. The summed E-state index contributed by atoms with van der Waals surface area (Å²) < 4.78 is 6.44. The molecule has 0 aliphatic carbocycles. The Morgan fingerprint density at radius 3 is 2.70 bits per heavy atom. The van der Waals surface area contributed by atoms with E-state index < -0.39 is 22.0 Å². The van der Waals surface area contributed by atoms with Crippen molar-refractivity contribution in [2.45, 2.75) is 25.0 Å². The van der Waals surface area contributed by atoms with Crippen LogP contribution in [0.5, 0.6) is 5.75 Å². The van der Waals surface area contributed by atoms with Gasteiger partial charge < -0.3 is 15.4 Å². The van der Waals surface area contributed by atoms with Gasteiger partial charge >= 0.3 is 0 Å². The molecule has 27 heavy (non-hydrogen) atoms. The number of nitrogens with zero attached hydrogens (tertiary/aromatic N) is 2. The minimum absolute atomic E-state index is 0.000843. The molecule has 0 aromatic heterocycles. The molecule has 7 heteroatoms. The molecule has 2 aliphatic heterocycles. The maximum atomic E-state index is 11.8. The number of benzene rings is 2. The highest BCUT2D eigenvalue weighted by atomic mass is 16.6. The number of non-ortho nitro benzene ring substituents is 1. The number of hydrogen-bond donors (Lipinski definition) is 1. The third kappa shape index (κ3) is 2.31. The molecule has 0 bridgehead atoms. The van der Waals surface area contributed by atoms with Gasteiger partial charge in [-0.2, -0.15) is 0 Å². The van der Waals surface area contributed by atoms with Crippen LogP contribution in [0.1, 0.15) is 25.0 Å². The zero-order valence-corrected chi connectivity index (χ0v) is 15.0. The number of nitrogens with two attached hydrogens (primary N) is 1. The van der Waals surface area contributed by atoms with E-state index in [1.807, 2.05) is 55.2 Å². The first kappa shape index (κ1) is 17.1. The lowest BCUT2D eigenvalue weighted by Crippen LogP contribution is -2.61. The molecular formula is C20H19N3O4. The van der Waals surface area contributed by atoms with Crippen molar-refractivity contribution in [3.63, 3.8) is 0 Å². The number of carbonyl (C=O) groups excluding carboxylic acids is 1. The Balaban J connectivity index is 1.87. The van der Waals surface area contributed by atoms with Crippen molar-refractivity contribution in [3.8, 4) is 5.75 Å². The maximum absolute atomic E-state index is 11.8. The number of nitro groups is 1. The van der Waals surface area contributed by atoms with Crippen LogP contribution in [-0.2, 0) is 10.2 Å². The van der Waals surface area contributed by atoms with Crippen LogP contribution in [0.15, 0.2) is 48.5 Å². The first-order chi connectivity index (χ1) is 12.8. The largest absolute Gasteiger partial charge is 0.463 e. The fraction of sp³-hybridized carbons (Fsp3) is 0.250. The highest BCUT2D eigenvalue weighted by molar-refractivity contribution is 5.83. The Bertz CT molecular complexity index is 998. The monoisotopic (exact) mass is 365 g/mol. The standard InChI is InChI=1S/C20H19N3O4/c1-19(2)15-5-3-4-6-16(15)22(12-18(21)24)20(19)10-9-13-11-14(23(25)26)7-8-17(13)27-20/h3-11H,12H2,1-2H3,(H2,21,24)/t20-/m0/s1. The van der Waals surface area contributed by atoms with Gasteiger partial charge in [0.15, 0.2) is 0 Å². The van der Waals surface area contributed by atoms with E-state index in [1.54, 1.807) is 6.07 Å². The minimum Gasteiger partial charge on any atom is -0.463 e. The number of hydrogen-bond acceptors (Lipinski definition) is 5. The Kier molecular flexibility index (Phi) is 3.53. The van der Waals surface area contributed by atoms with Gasteiger partial charge in [-0.05, 0) is 43.7 Å². The molecule has 1 atom stereocenters. The quantitative estimate of drug-likeness (QED) is 0.666. The lowest BCUT2D eigenvalue weighted by molar-refractivity contribution is -0.384. The minimum atomic E-state index is -0.963. The second kappa shape index (κ2) is 5.57. The second-order valence-corrected chi connectivity index (χ2v) is 7.31. The van der Waals surface area contributed by atoms with Crippen LogP contribution >= 0.6 is 0 Å². The molecule has 4 rings (SSSR count). The van der Waals surface area contributed by atoms with Crippen molar-refractivity contribution in [2.24, 2.45) is 5.73 Å². The molecule has 0 saturated heterocycles. The lowest BCUT2D eigenvalue weighted by Gasteiger charge is -2.46. The van der Waals surface area contributed by atoms with Crippen LogP contribution < -0.4 is 15.4 Å². The summed E-state index contributed by atoms with van der Waals surface area (Å²) in [6.45, 7) is 4.09. The summed E-state index contributed by atoms with van der Waals surface area (Å²) in [5, 5.41) is 11.0. The predicted octanol–water partition coefficient (Wildman–Crippen LogP) is 2.98. The number of anilines is 1. The third-order valence-electron chi connectivity index (χ3n) is 5.44. The molecule has 2 aliphatic rings. The van der Waals surface area contributed by atoms with E-state index in [4.69, 9.17) is 10.5 Å². The number of primary amides is 1. The van der Waals surface area contributed by atoms with Crippen LogP contribution in [0.3, 0.4) is 0 Å². The van der Waals surface area contributed by atoms with Crippen molar-refractivity contribution >= 4 is 23.4 Å². The Morgan fingerprint density at radius 2 is 2.00 bits per heavy atom. The van der Waals surface area contributed by atoms with Gasteiger partial charge in [0.1, 0.15) is 12.3 Å². The summed E-state index contributed by atoms with van der Waals surface area (Å²) in [5.74, 6) is 0.0619. The number of fused-ring (bicyclic) bond motifs is 2. The van der Waals surface area contributed by atoms with E-state index in [-0.39, 0.29) is 12.2 Å². The number of carbonyl (C=O) groups is 1. The fourth-order valence-corrected chi connectivity index (χ4v) is 4.06. The molecule has 0 fully saturated rings. The SMILES string of the molecule is CC1(C)c2ccccc2N(CC(N)=O)[C@]12C=Cc1cc([N+](=O)[O-])ccc1O2. The van der Waals surface area contributed by atoms with Crippen LogP contribution in [0.4, 0.5) is 11.4 Å². The Labute approximate surface area is 156 Å². The van der Waals surface area contributed by atoms with Crippen LogP contribution in [-0.4, -0.2) is 23.1 Å². The number of para-hydroxylation sites is 1. The molecule has 7 nitrogen and oxygen atoms in total. The molecule has 0 radical (unpaired) electrons. The highest BCUT2D eigenvalue weighted by Crippen LogP contribution is 2.54. The Hall–Kier alpha value is -3.35. The summed E-state index contributed by atoms with van der Waals surface area (Å²) in [7, 11) is 0. The average molecular weight is 365 g/mol. The van der Waals surface area contributed by atoms with E-state index in [0.717, 1.165) is 11.3 Å². The maximum Gasteiger partial charge on any atom is 0.270 e. The first-order valence-electron chi connectivity index (χ1n) is 8.58. The van der Waals surface area contributed by atoms with Crippen LogP contribution in [0, 0.1) is 10.1 Å². The topological polar surface area (TPSA) is 98.7 Å². The number of amides is 1. The average Bonchev–Trinajstić information content (AvgIpc) is 2.80. The van der Waals surface area contributed by atoms with Crippen molar-refractivity contribution in [1.29, 1.82) is 0 Å². The van der Waals surface area contributed by atoms with E-state index in [2.05, 4.69) is 0 Å². The predicted molar refractivity (Wildman–Crippen MR) is 101 cm³/mol. The van der Waals surface area contributed by atoms with E-state index in [0.29, 0.717) is 11.3 Å². The van der Waals surface area contributed by atoms with Gasteiger partial charge in [0.2, 0.25) is 11.6 Å². The van der Waals surface area contributed by atoms with E-state index >= 15 is 0 Å². The molecular weight excluding hydrogens is 346 g/mol. The normalized spacial score (nSPS) is 21.5. The molecule has 0 unspecified atom stereocenters. The van der Waals surface area contributed by atoms with Crippen molar-refractivity contribution < 1.29 is 14.5 Å². The second-order valence-electron chi connectivity index (χ2n) is 7.31. The van der Waals surface area contributed by atoms with Crippen molar-refractivity contribution in [2.75, 3.05) is 11.4 Å². The zero-order chi connectivity index (χ0) is 19.4. The van der Waals surface area contributed by atoms with Gasteiger partial charge in [-0.1, -0.05) is 18.2 Å². The molecule has 2 aromatic rings. The molecule has 2 aromatic carbocycles. The fourth-order valence-electron chi connectivity index (χ4n) is 4.06. The van der Waals surface area contributed by atoms with Crippen molar-refractivity contribution in [3.05, 3.63) is 69.8 Å². The highest BCUT2D eigenvalue weighted by Gasteiger charge is 2.59. The number of nitro benzene ring substituents is 1. The van der Waals surface area contributed by atoms with Crippen molar-refractivity contribution in [1.82, 2.24) is 0 Å². The van der Waals surface area contributed by atoms with Gasteiger partial charge in [0, 0.05) is 23.4 Å². The molecule has 2 N–H and O–H groups in total. The smallest absolute Gasteiger partial charge is 0.270 e. The van der Waals surface area contributed by atoms with Gasteiger partial charge in [-0.15, -0.1) is 0 Å².